The number of nitrogens with zero attached hydrogens (tertiary/aromatic N) is 1. The Bertz CT molecular complexity index is 515. The third-order valence-electron chi connectivity index (χ3n) is 2.90. The topological polar surface area (TPSA) is 66.8 Å². The van der Waals surface area contributed by atoms with Crippen molar-refractivity contribution in [2.24, 2.45) is 0 Å². The van der Waals surface area contributed by atoms with E-state index in [4.69, 9.17) is 9.84 Å². The summed E-state index contributed by atoms with van der Waals surface area (Å²) in [5.74, 6) is -1.79. The summed E-state index contributed by atoms with van der Waals surface area (Å²) in [5.41, 5.74) is 0.422. The number of benzene rings is 1. The molecule has 0 fully saturated rings. The number of fused-ring (bicyclic) bond motifs is 1. The first-order valence-electron chi connectivity index (χ1n) is 5.41. The summed E-state index contributed by atoms with van der Waals surface area (Å²) in [4.78, 5) is 23.9. The van der Waals surface area contributed by atoms with Crippen LogP contribution in [0.15, 0.2) is 12.1 Å². The van der Waals surface area contributed by atoms with Crippen LogP contribution in [-0.4, -0.2) is 42.1 Å². The van der Waals surface area contributed by atoms with Crippen LogP contribution in [0.1, 0.15) is 15.9 Å². The Morgan fingerprint density at radius 1 is 1.56 bits per heavy atom. The Balaban J connectivity index is 2.44. The number of carboxylic acid groups (broad SMARTS) is 1. The summed E-state index contributed by atoms with van der Waals surface area (Å²) < 4.78 is 18.6. The second kappa shape index (κ2) is 4.64. The zero-order chi connectivity index (χ0) is 13.3. The van der Waals surface area contributed by atoms with Crippen molar-refractivity contribution in [3.63, 3.8) is 0 Å². The first-order valence-corrected chi connectivity index (χ1v) is 5.41. The molecular weight excluding hydrogens is 241 g/mol. The molecule has 1 aliphatic rings. The van der Waals surface area contributed by atoms with Crippen LogP contribution in [0.4, 0.5) is 4.39 Å². The van der Waals surface area contributed by atoms with Crippen molar-refractivity contribution in [2.75, 3.05) is 20.2 Å². The Labute approximate surface area is 103 Å². The largest absolute Gasteiger partial charge is 0.496 e. The molecule has 0 radical (unpaired) electrons. The normalized spacial score (nSPS) is 14.3. The quantitative estimate of drug-likeness (QED) is 0.869. The number of carboxylic acids is 1. The zero-order valence-electron chi connectivity index (χ0n) is 9.77. The Morgan fingerprint density at radius 2 is 2.28 bits per heavy atom. The molecule has 0 unspecified atom stereocenters. The highest BCUT2D eigenvalue weighted by atomic mass is 19.1. The van der Waals surface area contributed by atoms with E-state index in [1.54, 1.807) is 0 Å². The summed E-state index contributed by atoms with van der Waals surface area (Å²) in [5, 5.41) is 8.71. The van der Waals surface area contributed by atoms with Gasteiger partial charge in [0, 0.05) is 12.1 Å². The predicted molar refractivity (Wildman–Crippen MR) is 60.2 cm³/mol. The minimum Gasteiger partial charge on any atom is -0.496 e. The second-order valence-electron chi connectivity index (χ2n) is 3.97. The number of hydrogen-bond donors (Lipinski definition) is 1. The van der Waals surface area contributed by atoms with E-state index in [1.165, 1.54) is 24.1 Å². The van der Waals surface area contributed by atoms with Crippen LogP contribution in [0.5, 0.6) is 5.75 Å². The molecule has 0 atom stereocenters. The molecule has 0 saturated heterocycles. The molecule has 1 heterocycles. The van der Waals surface area contributed by atoms with Crippen LogP contribution < -0.4 is 4.74 Å². The SMILES string of the molecule is COc1ccc(F)c2c1C(=O)N(CC(=O)O)CC2. The van der Waals surface area contributed by atoms with Crippen LogP contribution in [0.2, 0.25) is 0 Å². The standard InChI is InChI=1S/C12H12FNO4/c1-18-9-3-2-8(13)7-4-5-14(6-10(15)16)12(17)11(7)9/h2-3H,4-6H2,1H3,(H,15,16). The lowest BCUT2D eigenvalue weighted by molar-refractivity contribution is -0.137. The molecule has 1 aromatic carbocycles. The van der Waals surface area contributed by atoms with Gasteiger partial charge < -0.3 is 14.7 Å². The predicted octanol–water partition coefficient (Wildman–Crippen LogP) is 0.917. The van der Waals surface area contributed by atoms with Gasteiger partial charge in [0.1, 0.15) is 18.1 Å². The highest BCUT2D eigenvalue weighted by Gasteiger charge is 2.30. The molecule has 2 rings (SSSR count). The number of aliphatic carboxylic acids is 1. The molecule has 0 aliphatic carbocycles. The number of methoxy groups -OCH3 is 1. The van der Waals surface area contributed by atoms with Crippen LogP contribution in [0.25, 0.3) is 0 Å². The average Bonchev–Trinajstić information content (AvgIpc) is 2.33. The van der Waals surface area contributed by atoms with Gasteiger partial charge in [0.05, 0.1) is 12.7 Å². The van der Waals surface area contributed by atoms with Gasteiger partial charge in [0.15, 0.2) is 0 Å². The van der Waals surface area contributed by atoms with Gasteiger partial charge in [-0.15, -0.1) is 0 Å². The number of hydrogen-bond acceptors (Lipinski definition) is 3. The number of carbonyl (C=O) groups is 2. The van der Waals surface area contributed by atoms with Gasteiger partial charge in [-0.3, -0.25) is 9.59 Å². The van der Waals surface area contributed by atoms with Gasteiger partial charge in [0.2, 0.25) is 0 Å². The molecule has 0 saturated carbocycles. The lowest BCUT2D eigenvalue weighted by atomic mass is 9.97. The fraction of sp³-hybridized carbons (Fsp3) is 0.333. The van der Waals surface area contributed by atoms with Crippen LogP contribution in [0.3, 0.4) is 0 Å². The molecule has 1 N–H and O–H groups in total. The molecule has 1 aliphatic heterocycles. The summed E-state index contributed by atoms with van der Waals surface area (Å²) in [7, 11) is 1.39. The number of rotatable bonds is 3. The molecule has 6 heteroatoms. The van der Waals surface area contributed by atoms with Crippen LogP contribution in [-0.2, 0) is 11.2 Å². The first kappa shape index (κ1) is 12.3. The lowest BCUT2D eigenvalue weighted by Crippen LogP contribution is -2.41. The number of halogens is 1. The molecule has 0 bridgehead atoms. The van der Waals surface area contributed by atoms with Crippen molar-refractivity contribution in [1.29, 1.82) is 0 Å². The maximum absolute atomic E-state index is 13.6. The van der Waals surface area contributed by atoms with E-state index in [2.05, 4.69) is 0 Å². The van der Waals surface area contributed by atoms with E-state index in [-0.39, 0.29) is 24.3 Å². The minimum atomic E-state index is -1.10. The zero-order valence-corrected chi connectivity index (χ0v) is 9.77. The van der Waals surface area contributed by atoms with Gasteiger partial charge in [0.25, 0.3) is 5.91 Å². The van der Waals surface area contributed by atoms with Gasteiger partial charge in [-0.05, 0) is 18.6 Å². The summed E-state index contributed by atoms with van der Waals surface area (Å²) in [6.07, 6.45) is 0.289. The fourth-order valence-electron chi connectivity index (χ4n) is 2.07. The van der Waals surface area contributed by atoms with E-state index in [9.17, 15) is 14.0 Å². The maximum atomic E-state index is 13.6. The van der Waals surface area contributed by atoms with Crippen molar-refractivity contribution in [1.82, 2.24) is 4.90 Å². The van der Waals surface area contributed by atoms with Crippen LogP contribution in [0, 0.1) is 5.82 Å². The Hall–Kier alpha value is -2.11. The van der Waals surface area contributed by atoms with Crippen molar-refractivity contribution >= 4 is 11.9 Å². The second-order valence-corrected chi connectivity index (χ2v) is 3.97. The number of ether oxygens (including phenoxy) is 1. The van der Waals surface area contributed by atoms with Gasteiger partial charge in [-0.2, -0.15) is 0 Å². The van der Waals surface area contributed by atoms with Crippen molar-refractivity contribution in [3.8, 4) is 5.75 Å². The van der Waals surface area contributed by atoms with Crippen molar-refractivity contribution in [3.05, 3.63) is 29.1 Å². The van der Waals surface area contributed by atoms with Crippen molar-refractivity contribution in [2.45, 2.75) is 6.42 Å². The molecule has 96 valence electrons. The molecule has 1 aromatic rings. The van der Waals surface area contributed by atoms with Gasteiger partial charge in [-0.1, -0.05) is 0 Å². The lowest BCUT2D eigenvalue weighted by Gasteiger charge is -2.28. The van der Waals surface area contributed by atoms with Gasteiger partial charge >= 0.3 is 5.97 Å². The smallest absolute Gasteiger partial charge is 0.323 e. The number of amides is 1. The fourth-order valence-corrected chi connectivity index (χ4v) is 2.07. The highest BCUT2D eigenvalue weighted by Crippen LogP contribution is 2.29. The maximum Gasteiger partial charge on any atom is 0.323 e. The summed E-state index contributed by atoms with van der Waals surface area (Å²) >= 11 is 0. The van der Waals surface area contributed by atoms with E-state index < -0.39 is 24.2 Å². The minimum absolute atomic E-state index is 0.130. The molecule has 1 amide bonds. The molecule has 0 spiro atoms. The Kier molecular flexibility index (Phi) is 3.18. The summed E-state index contributed by atoms with van der Waals surface area (Å²) in [6.45, 7) is -0.194. The van der Waals surface area contributed by atoms with Crippen molar-refractivity contribution < 1.29 is 23.8 Å². The average molecular weight is 253 g/mol. The molecule has 5 nitrogen and oxygen atoms in total. The third kappa shape index (κ3) is 2.01. The molecular formula is C12H12FNO4. The van der Waals surface area contributed by atoms with E-state index in [1.807, 2.05) is 0 Å². The number of carbonyl (C=O) groups excluding carboxylic acids is 1. The third-order valence-corrected chi connectivity index (χ3v) is 2.90. The Morgan fingerprint density at radius 3 is 2.89 bits per heavy atom. The van der Waals surface area contributed by atoms with E-state index in [0.29, 0.717) is 5.56 Å². The van der Waals surface area contributed by atoms with Crippen LogP contribution >= 0.6 is 0 Å². The monoisotopic (exact) mass is 253 g/mol. The highest BCUT2D eigenvalue weighted by molar-refractivity contribution is 6.00. The van der Waals surface area contributed by atoms with Gasteiger partial charge in [-0.25, -0.2) is 4.39 Å². The molecule has 18 heavy (non-hydrogen) atoms. The summed E-state index contributed by atoms with van der Waals surface area (Å²) in [6, 6.07) is 2.62. The van der Waals surface area contributed by atoms with E-state index >= 15 is 0 Å². The molecule has 0 aromatic heterocycles. The first-order chi connectivity index (χ1) is 8.54. The van der Waals surface area contributed by atoms with E-state index in [0.717, 1.165) is 0 Å².